The van der Waals surface area contributed by atoms with Gasteiger partial charge in [-0.25, -0.2) is 19.8 Å². The molecule has 1 aromatic heterocycles. The fourth-order valence-corrected chi connectivity index (χ4v) is 13.0. The topological polar surface area (TPSA) is 284 Å². The Bertz CT molecular complexity index is 2910. The van der Waals surface area contributed by atoms with Gasteiger partial charge in [0.2, 0.25) is 17.7 Å². The highest BCUT2D eigenvalue weighted by molar-refractivity contribution is 8.77. The number of nitrogens with zero attached hydrogens (tertiary/aromatic N) is 5. The van der Waals surface area contributed by atoms with E-state index in [1.165, 1.54) is 59.6 Å². The minimum absolute atomic E-state index is 0.0172. The molecule has 26 heteroatoms. The number of alkyl carbamates (subject to hydrolysis) is 1. The Kier molecular flexibility index (Phi) is 21.4. The Morgan fingerprint density at radius 2 is 1.81 bits per heavy atom. The molecule has 8 atom stereocenters. The van der Waals surface area contributed by atoms with Crippen LogP contribution in [0.4, 0.5) is 10.5 Å². The summed E-state index contributed by atoms with van der Waals surface area (Å²) in [5.74, 6) is -3.13. The minimum Gasteiger partial charge on any atom is -0.495 e. The van der Waals surface area contributed by atoms with Gasteiger partial charge in [0, 0.05) is 69.7 Å². The van der Waals surface area contributed by atoms with Gasteiger partial charge in [0.15, 0.2) is 5.72 Å². The molecule has 4 bridgehead atoms. The van der Waals surface area contributed by atoms with Crippen molar-refractivity contribution in [2.24, 2.45) is 11.0 Å². The number of likely N-dealkylation sites (N-methyl/N-ethyl adjacent to an activating group) is 1. The van der Waals surface area contributed by atoms with Gasteiger partial charge in [0.1, 0.15) is 46.5 Å². The Hall–Kier alpha value is -6.25. The van der Waals surface area contributed by atoms with Crippen molar-refractivity contribution in [2.45, 2.75) is 165 Å². The van der Waals surface area contributed by atoms with E-state index in [9.17, 15) is 43.5 Å². The molecule has 0 spiro atoms. The lowest BCUT2D eigenvalue weighted by molar-refractivity contribution is -0.197. The molecule has 3 N–H and O–H groups in total. The van der Waals surface area contributed by atoms with Crippen LogP contribution in [0.2, 0.25) is 5.02 Å². The number of allylic oxidation sites excluding steroid dienone is 3. The zero-order chi connectivity index (χ0) is 60.6. The van der Waals surface area contributed by atoms with E-state index in [-0.39, 0.29) is 74.8 Å². The van der Waals surface area contributed by atoms with Crippen molar-refractivity contribution >= 4 is 92.2 Å². The third kappa shape index (κ3) is 16.1. The van der Waals surface area contributed by atoms with Crippen molar-refractivity contribution in [1.82, 2.24) is 25.7 Å². The molecule has 2 aromatic rings. The SMILES string of the molecule is COc1cc2cc(c1Cl)N(C)C(=O)C[C@H](OC(=O)[C@H](C)N(C)C(=O)CCSSC(C)(C)CC(=O)N/N=C1\CCCc3cc(OCCCC(=O)ON4C(=O)CCC4=O)cnc31)[C@]1(C)O[C@H]1[C@H](C)[C@@H]1C[C@@](O)(NC(=O)O1)[C@H](OC)/C=C/C=C(\C)C2. The van der Waals surface area contributed by atoms with Gasteiger partial charge in [-0.05, 0) is 96.0 Å². The molecule has 5 aliphatic rings. The quantitative estimate of drug-likeness (QED) is 0.0339. The number of pyridine rings is 1. The lowest BCUT2D eigenvalue weighted by Crippen LogP contribution is -2.63. The van der Waals surface area contributed by atoms with E-state index >= 15 is 0 Å². The summed E-state index contributed by atoms with van der Waals surface area (Å²) in [7, 11) is 8.78. The Morgan fingerprint density at radius 1 is 1.07 bits per heavy atom. The lowest BCUT2D eigenvalue weighted by Gasteiger charge is -2.42. The number of fused-ring (bicyclic) bond motifs is 6. The number of carbonyl (C=O) groups excluding carboxylic acids is 8. The number of rotatable bonds is 19. The molecule has 1 aromatic carbocycles. The molecule has 6 amide bonds. The van der Waals surface area contributed by atoms with Crippen LogP contribution in [0.1, 0.15) is 123 Å². The Morgan fingerprint density at radius 3 is 2.52 bits per heavy atom. The Labute approximate surface area is 495 Å². The molecule has 83 heavy (non-hydrogen) atoms. The standard InChI is InChI=1S/C57H74ClN7O16S2/c1-32-14-11-17-42(76-10)57(74)29-41(78-54(73)60-57)33(2)52-56(6,80-52)43(28-48(70)64(8)39-25-35(24-32)26-40(75-9)50(39)58)79-53(72)34(3)63(7)45(67)21-23-82-83-55(4,5)30-44(66)62-61-38-16-12-15-36-27-37(31-59-51(36)38)77-22-13-18-49(71)81-65-46(68)19-20-47(65)69/h11,14,17,25-27,31,33-34,41-43,52,74H,12-13,15-16,18-24,28-30H2,1-10H3,(H,60,73)(H,62,66)/b17-11+,32-14+,61-38+/t33-,34+,41+,42-,43+,52+,56+,57+/m1/s1. The first-order valence-corrected chi connectivity index (χ1v) is 30.2. The predicted molar refractivity (Wildman–Crippen MR) is 308 cm³/mol. The Balaban J connectivity index is 0.925. The maximum atomic E-state index is 14.4. The fraction of sp³-hybridized carbons (Fsp3) is 0.579. The number of anilines is 1. The first-order chi connectivity index (χ1) is 39.3. The molecule has 3 fully saturated rings. The van der Waals surface area contributed by atoms with Crippen LogP contribution in [-0.4, -0.2) is 161 Å². The number of nitrogens with one attached hydrogen (secondary N) is 2. The number of aliphatic hydroxyl groups is 1. The van der Waals surface area contributed by atoms with Crippen molar-refractivity contribution in [2.75, 3.05) is 45.6 Å². The number of halogens is 1. The van der Waals surface area contributed by atoms with Crippen LogP contribution in [0.25, 0.3) is 0 Å². The average Bonchev–Trinajstić information content (AvgIpc) is 2.25. The van der Waals surface area contributed by atoms with E-state index in [0.717, 1.165) is 29.5 Å². The number of hydrogen-bond acceptors (Lipinski definition) is 20. The molecule has 0 saturated carbocycles. The highest BCUT2D eigenvalue weighted by Gasteiger charge is 2.64. The van der Waals surface area contributed by atoms with Crippen molar-refractivity contribution in [3.8, 4) is 11.5 Å². The lowest BCUT2D eigenvalue weighted by atomic mass is 9.83. The van der Waals surface area contributed by atoms with E-state index in [0.29, 0.717) is 52.2 Å². The van der Waals surface area contributed by atoms with Gasteiger partial charge in [-0.1, -0.05) is 63.9 Å². The number of benzene rings is 1. The van der Waals surface area contributed by atoms with E-state index < -0.39 is 88.2 Å². The molecule has 0 unspecified atom stereocenters. The number of hydrogen-bond donors (Lipinski definition) is 3. The third-order valence-electron chi connectivity index (χ3n) is 15.2. The number of methoxy groups -OCH3 is 2. The summed E-state index contributed by atoms with van der Waals surface area (Å²) < 4.78 is 34.8. The number of imide groups is 1. The number of ether oxygens (including phenoxy) is 6. The molecule has 452 valence electrons. The summed E-state index contributed by atoms with van der Waals surface area (Å²) in [5, 5.41) is 19.5. The zero-order valence-electron chi connectivity index (χ0n) is 48.4. The van der Waals surface area contributed by atoms with E-state index in [2.05, 4.69) is 20.8 Å². The minimum atomic E-state index is -1.88. The van der Waals surface area contributed by atoms with E-state index in [1.54, 1.807) is 51.4 Å². The number of aryl methyl sites for hydroxylation is 1. The fourth-order valence-electron chi connectivity index (χ4n) is 10.2. The molecule has 7 rings (SSSR count). The second-order valence-electron chi connectivity index (χ2n) is 22.1. The van der Waals surface area contributed by atoms with Gasteiger partial charge in [-0.2, -0.15) is 5.10 Å². The van der Waals surface area contributed by atoms with Crippen LogP contribution in [0.15, 0.2) is 53.3 Å². The number of esters is 1. The second-order valence-corrected chi connectivity index (χ2v) is 25.6. The summed E-state index contributed by atoms with van der Waals surface area (Å²) >= 11 is 6.84. The first-order valence-electron chi connectivity index (χ1n) is 27.5. The predicted octanol–water partition coefficient (Wildman–Crippen LogP) is 6.47. The maximum absolute atomic E-state index is 14.4. The van der Waals surface area contributed by atoms with Crippen molar-refractivity contribution < 1.29 is 76.7 Å². The van der Waals surface area contributed by atoms with Gasteiger partial charge in [0.05, 0.1) is 56.0 Å². The highest BCUT2D eigenvalue weighted by Crippen LogP contribution is 2.49. The van der Waals surface area contributed by atoms with Gasteiger partial charge >= 0.3 is 18.0 Å². The van der Waals surface area contributed by atoms with Crippen LogP contribution in [0.3, 0.4) is 0 Å². The number of carbonyl (C=O) groups is 8. The molecular formula is C57H74ClN7O16S2. The molecule has 5 heterocycles. The normalized spacial score (nSPS) is 26.5. The largest absolute Gasteiger partial charge is 0.495 e. The van der Waals surface area contributed by atoms with Gasteiger partial charge in [-0.15, -0.1) is 5.06 Å². The molecular weight excluding hydrogens is 1140 g/mol. The second kappa shape index (κ2) is 27.6. The summed E-state index contributed by atoms with van der Waals surface area (Å²) in [4.78, 5) is 116. The molecule has 4 aliphatic heterocycles. The number of hydroxylamine groups is 2. The number of aromatic nitrogens is 1. The van der Waals surface area contributed by atoms with Crippen molar-refractivity contribution in [3.05, 3.63) is 70.0 Å². The van der Waals surface area contributed by atoms with Crippen LogP contribution in [0, 0.1) is 5.92 Å². The first kappa shape index (κ1) is 64.3. The molecule has 3 saturated heterocycles. The van der Waals surface area contributed by atoms with Crippen LogP contribution < -0.4 is 25.1 Å². The third-order valence-corrected chi connectivity index (χ3v) is 18.8. The molecule has 0 radical (unpaired) electrons. The number of epoxide rings is 1. The van der Waals surface area contributed by atoms with Gasteiger partial charge in [0.25, 0.3) is 11.8 Å². The summed E-state index contributed by atoms with van der Waals surface area (Å²) in [6, 6.07) is 4.30. The van der Waals surface area contributed by atoms with Crippen LogP contribution in [0.5, 0.6) is 11.5 Å². The van der Waals surface area contributed by atoms with Crippen molar-refractivity contribution in [3.63, 3.8) is 0 Å². The smallest absolute Gasteiger partial charge is 0.409 e. The zero-order valence-corrected chi connectivity index (χ0v) is 50.8. The van der Waals surface area contributed by atoms with Gasteiger partial charge in [-0.3, -0.25) is 34.3 Å². The molecule has 23 nitrogen and oxygen atoms in total. The number of hydrazone groups is 1. The van der Waals surface area contributed by atoms with Crippen LogP contribution >= 0.6 is 33.2 Å². The van der Waals surface area contributed by atoms with Crippen molar-refractivity contribution in [1.29, 1.82) is 0 Å². The number of amides is 6. The van der Waals surface area contributed by atoms with Crippen LogP contribution in [-0.2, 0) is 70.2 Å². The van der Waals surface area contributed by atoms with Gasteiger partial charge < -0.3 is 48.2 Å². The summed E-state index contributed by atoms with van der Waals surface area (Å²) in [6.07, 6.45) is 4.52. The maximum Gasteiger partial charge on any atom is 0.409 e. The monoisotopic (exact) mass is 1210 g/mol. The van der Waals surface area contributed by atoms with E-state index in [4.69, 9.17) is 44.9 Å². The highest BCUT2D eigenvalue weighted by atomic mass is 35.5. The summed E-state index contributed by atoms with van der Waals surface area (Å²) in [5.41, 5.74) is 3.70. The molecule has 1 aliphatic carbocycles. The average molecular weight is 1210 g/mol. The van der Waals surface area contributed by atoms with E-state index in [1.807, 2.05) is 32.9 Å². The summed E-state index contributed by atoms with van der Waals surface area (Å²) in [6.45, 7) is 10.9.